The number of azo groups is 1. The molecule has 0 amide bonds. The molecule has 0 saturated carbocycles. The molecule has 0 atom stereocenters. The van der Waals surface area contributed by atoms with Gasteiger partial charge in [0.25, 0.3) is 10.1 Å². The third-order valence-corrected chi connectivity index (χ3v) is 4.92. The van der Waals surface area contributed by atoms with Crippen LogP contribution in [0.4, 0.5) is 17.1 Å². The molecule has 151 valence electrons. The van der Waals surface area contributed by atoms with Crippen LogP contribution >= 0.6 is 0 Å². The Morgan fingerprint density at radius 3 is 2.36 bits per heavy atom. The van der Waals surface area contributed by atoms with E-state index in [1.165, 1.54) is 0 Å². The van der Waals surface area contributed by atoms with Crippen molar-refractivity contribution in [3.8, 4) is 11.5 Å². The predicted octanol–water partition coefficient (Wildman–Crippen LogP) is 4.26. The minimum atomic E-state index is -4.44. The molecule has 0 saturated heterocycles. The zero-order valence-electron chi connectivity index (χ0n) is 14.8. The van der Waals surface area contributed by atoms with Gasteiger partial charge >= 0.3 is 0 Å². The number of fused-ring (bicyclic) bond motifs is 1. The van der Waals surface area contributed by atoms with E-state index in [9.17, 15) is 18.6 Å². The number of nitrogens with zero attached hydrogens (tertiary/aromatic N) is 2. The fraction of sp³-hybridized carbons (Fsp3) is 0.111. The van der Waals surface area contributed by atoms with Gasteiger partial charge < -0.3 is 15.5 Å². The van der Waals surface area contributed by atoms with E-state index in [1.54, 1.807) is 26.1 Å². The van der Waals surface area contributed by atoms with Gasteiger partial charge in [0.05, 0.1) is 4.90 Å². The molecule has 3 rings (SSSR count). The average molecular weight is 451 g/mol. The third kappa shape index (κ3) is 4.26. The maximum absolute atomic E-state index is 11.2. The summed E-state index contributed by atoms with van der Waals surface area (Å²) in [5.41, 5.74) is 1.57. The summed E-state index contributed by atoms with van der Waals surface area (Å²) < 4.78 is 31.6. The van der Waals surface area contributed by atoms with Crippen LogP contribution in [0.2, 0.25) is 0 Å². The second kappa shape index (κ2) is 8.15. The molecule has 10 heteroatoms. The van der Waals surface area contributed by atoms with Crippen LogP contribution < -0.4 is 5.32 Å². The van der Waals surface area contributed by atoms with E-state index >= 15 is 0 Å². The average Bonchev–Trinajstić information content (AvgIpc) is 2.61. The zero-order chi connectivity index (χ0) is 19.8. The zero-order valence-corrected chi connectivity index (χ0v) is 16.6. The number of phenolic OH excluding ortho intramolecular Hbond substituents is 2. The van der Waals surface area contributed by atoms with Gasteiger partial charge in [0.15, 0.2) is 5.75 Å². The molecule has 28 heavy (non-hydrogen) atoms. The van der Waals surface area contributed by atoms with E-state index in [2.05, 4.69) is 15.5 Å². The van der Waals surface area contributed by atoms with E-state index in [4.69, 9.17) is 4.55 Å². The van der Waals surface area contributed by atoms with Crippen molar-refractivity contribution in [3.05, 3.63) is 48.0 Å². The molecule has 0 unspecified atom stereocenters. The number of phenols is 2. The molecule has 8 nitrogen and oxygen atoms in total. The van der Waals surface area contributed by atoms with Crippen LogP contribution in [0.3, 0.4) is 0 Å². The van der Waals surface area contributed by atoms with Gasteiger partial charge in [-0.2, -0.15) is 8.42 Å². The van der Waals surface area contributed by atoms with Crippen LogP contribution in [0, 0.1) is 6.92 Å². The maximum Gasteiger partial charge on any atom is 0.294 e. The largest absolute Gasteiger partial charge is 0.506 e. The van der Waals surface area contributed by atoms with E-state index in [0.717, 1.165) is 29.3 Å². The van der Waals surface area contributed by atoms with E-state index < -0.39 is 15.0 Å². The first-order valence-electron chi connectivity index (χ1n) is 7.87. The van der Waals surface area contributed by atoms with Crippen LogP contribution in [0.25, 0.3) is 10.8 Å². The minimum Gasteiger partial charge on any atom is -0.506 e. The van der Waals surface area contributed by atoms with Gasteiger partial charge in [-0.25, -0.2) is 0 Å². The molecule has 3 aromatic rings. The van der Waals surface area contributed by atoms with Crippen molar-refractivity contribution < 1.29 is 40.3 Å². The van der Waals surface area contributed by atoms with Crippen molar-refractivity contribution in [3.63, 3.8) is 0 Å². The number of rotatable bonds is 4. The summed E-state index contributed by atoms with van der Waals surface area (Å²) in [6, 6.07) is 10.4. The number of aryl methyl sites for hydroxylation is 1. The van der Waals surface area contributed by atoms with Crippen molar-refractivity contribution in [1.82, 2.24) is 0 Å². The Kier molecular flexibility index (Phi) is 6.30. The van der Waals surface area contributed by atoms with Crippen molar-refractivity contribution in [2.24, 2.45) is 10.2 Å². The normalized spacial score (nSPS) is 11.5. The van der Waals surface area contributed by atoms with Crippen molar-refractivity contribution in [1.29, 1.82) is 0 Å². The first-order chi connectivity index (χ1) is 12.7. The van der Waals surface area contributed by atoms with Gasteiger partial charge in [-0.1, -0.05) is 0 Å². The number of nitrogens with one attached hydrogen (secondary N) is 1. The molecule has 0 aliphatic carbocycles. The number of hydrogen-bond donors (Lipinski definition) is 4. The summed E-state index contributed by atoms with van der Waals surface area (Å²) >= 11 is 0. The molecule has 0 aliphatic rings. The Balaban J connectivity index is 0.00000280. The monoisotopic (exact) mass is 450 g/mol. The van der Waals surface area contributed by atoms with E-state index in [-0.39, 0.29) is 39.9 Å². The Bertz CT molecular complexity index is 1180. The van der Waals surface area contributed by atoms with Crippen LogP contribution in [0.5, 0.6) is 11.5 Å². The fourth-order valence-corrected chi connectivity index (χ4v) is 3.14. The molecule has 4 N–H and O–H groups in total. The molecule has 0 aromatic heterocycles. The number of aromatic hydroxyl groups is 2. The van der Waals surface area contributed by atoms with Gasteiger partial charge in [0, 0.05) is 35.2 Å². The molecular formula is C18H17CuN3O5S. The van der Waals surface area contributed by atoms with Gasteiger partial charge in [0.2, 0.25) is 0 Å². The molecule has 0 spiro atoms. The van der Waals surface area contributed by atoms with Crippen molar-refractivity contribution in [2.45, 2.75) is 11.8 Å². The van der Waals surface area contributed by atoms with Gasteiger partial charge in [-0.3, -0.25) is 4.55 Å². The smallest absolute Gasteiger partial charge is 0.294 e. The predicted molar refractivity (Wildman–Crippen MR) is 102 cm³/mol. The summed E-state index contributed by atoms with van der Waals surface area (Å²) in [5, 5.41) is 32.6. The number of anilines is 1. The van der Waals surface area contributed by atoms with Gasteiger partial charge in [-0.15, -0.1) is 10.2 Å². The number of benzene rings is 3. The van der Waals surface area contributed by atoms with Crippen molar-refractivity contribution >= 4 is 38.0 Å². The Morgan fingerprint density at radius 1 is 1.00 bits per heavy atom. The first kappa shape index (κ1) is 21.6. The summed E-state index contributed by atoms with van der Waals surface area (Å²) in [4.78, 5) is -0.423. The second-order valence-electron chi connectivity index (χ2n) is 5.90. The summed E-state index contributed by atoms with van der Waals surface area (Å²) in [6.07, 6.45) is 0. The minimum absolute atomic E-state index is 0. The molecule has 0 fully saturated rings. The van der Waals surface area contributed by atoms with Gasteiger partial charge in [-0.05, 0) is 60.3 Å². The van der Waals surface area contributed by atoms with Crippen molar-refractivity contribution in [2.75, 3.05) is 12.4 Å². The van der Waals surface area contributed by atoms with E-state index in [0.29, 0.717) is 10.9 Å². The van der Waals surface area contributed by atoms with Gasteiger partial charge in [0.1, 0.15) is 17.1 Å². The molecule has 0 aliphatic heterocycles. The second-order valence-corrected chi connectivity index (χ2v) is 7.32. The summed E-state index contributed by atoms with van der Waals surface area (Å²) in [7, 11) is -2.65. The first-order valence-corrected chi connectivity index (χ1v) is 9.31. The molecule has 0 heterocycles. The maximum atomic E-state index is 11.2. The number of hydrogen-bond acceptors (Lipinski definition) is 7. The fourth-order valence-electron chi connectivity index (χ4n) is 2.64. The SMILES string of the molecule is CNc1ccc2c(O)c(N=Nc3cc(S(=O)(=O)O)ccc3O)c(C)cc2c1.[Cu]. The summed E-state index contributed by atoms with van der Waals surface area (Å²) in [6.45, 7) is 1.74. The molecular weight excluding hydrogens is 434 g/mol. The Hall–Kier alpha value is -2.65. The Labute approximate surface area is 172 Å². The third-order valence-electron chi connectivity index (χ3n) is 4.07. The topological polar surface area (TPSA) is 132 Å². The Morgan fingerprint density at radius 2 is 1.71 bits per heavy atom. The molecule has 3 aromatic carbocycles. The van der Waals surface area contributed by atoms with Crippen LogP contribution in [0.15, 0.2) is 57.6 Å². The summed E-state index contributed by atoms with van der Waals surface area (Å²) in [5.74, 6) is -0.399. The molecule has 0 bridgehead atoms. The molecule has 1 radical (unpaired) electrons. The quantitative estimate of drug-likeness (QED) is 0.267. The van der Waals surface area contributed by atoms with Crippen LogP contribution in [0.1, 0.15) is 5.56 Å². The van der Waals surface area contributed by atoms with Crippen LogP contribution in [-0.4, -0.2) is 30.2 Å². The van der Waals surface area contributed by atoms with E-state index in [1.807, 2.05) is 12.1 Å². The van der Waals surface area contributed by atoms with Crippen LogP contribution in [-0.2, 0) is 27.2 Å². The standard InChI is InChI=1S/C18H17N3O5S.Cu/c1-10-7-11-8-12(19-2)3-5-14(11)18(23)17(10)21-20-15-9-13(27(24,25)26)4-6-16(15)22;/h3-9,19,22-23H,1-2H3,(H,24,25,26);.